The molecule has 0 spiro atoms. The number of aromatic nitrogens is 2. The van der Waals surface area contributed by atoms with Crippen LogP contribution in [0.5, 0.6) is 0 Å². The summed E-state index contributed by atoms with van der Waals surface area (Å²) in [5, 5.41) is 9.53. The number of hydrogen-bond donors (Lipinski definition) is 1. The van der Waals surface area contributed by atoms with Crippen LogP contribution >= 0.6 is 11.3 Å². The number of furan rings is 1. The van der Waals surface area contributed by atoms with Crippen molar-refractivity contribution < 1.29 is 9.21 Å². The standard InChI is InChI=1S/C17H17N3O2S/c1-20-16-12-7-10-23-14(12)5-4-13(16)15(19-20)17(21)18-8-6-11-3-2-9-22-11/h2-3,7,9-10H,4-6,8H2,1H3,(H,18,21). The van der Waals surface area contributed by atoms with Gasteiger partial charge in [0.05, 0.1) is 12.0 Å². The highest BCUT2D eigenvalue weighted by molar-refractivity contribution is 7.10. The van der Waals surface area contributed by atoms with Gasteiger partial charge in [-0.1, -0.05) is 0 Å². The van der Waals surface area contributed by atoms with E-state index in [9.17, 15) is 4.79 Å². The van der Waals surface area contributed by atoms with Gasteiger partial charge in [0.1, 0.15) is 5.76 Å². The number of carbonyl (C=O) groups is 1. The number of aryl methyl sites for hydroxylation is 2. The first-order valence-electron chi connectivity index (χ1n) is 7.67. The van der Waals surface area contributed by atoms with Crippen LogP contribution in [0.4, 0.5) is 0 Å². The maximum Gasteiger partial charge on any atom is 0.272 e. The second-order valence-electron chi connectivity index (χ2n) is 5.64. The van der Waals surface area contributed by atoms with Crippen molar-refractivity contribution in [2.45, 2.75) is 19.3 Å². The van der Waals surface area contributed by atoms with Crippen LogP contribution in [-0.2, 0) is 26.3 Å². The van der Waals surface area contributed by atoms with Crippen molar-refractivity contribution in [3.63, 3.8) is 0 Å². The summed E-state index contributed by atoms with van der Waals surface area (Å²) in [4.78, 5) is 13.9. The average Bonchev–Trinajstić information content (AvgIpc) is 3.26. The van der Waals surface area contributed by atoms with Gasteiger partial charge in [-0.05, 0) is 36.4 Å². The third-order valence-corrected chi connectivity index (χ3v) is 5.18. The monoisotopic (exact) mass is 327 g/mol. The molecule has 1 amide bonds. The summed E-state index contributed by atoms with van der Waals surface area (Å²) in [5.41, 5.74) is 3.93. The highest BCUT2D eigenvalue weighted by Crippen LogP contribution is 2.37. The first-order valence-corrected chi connectivity index (χ1v) is 8.55. The molecule has 0 saturated heterocycles. The number of hydrogen-bond acceptors (Lipinski definition) is 4. The van der Waals surface area contributed by atoms with Gasteiger partial charge in [0, 0.05) is 36.0 Å². The van der Waals surface area contributed by atoms with Gasteiger partial charge in [0.25, 0.3) is 5.91 Å². The molecule has 0 atom stereocenters. The lowest BCUT2D eigenvalue weighted by molar-refractivity contribution is 0.0947. The van der Waals surface area contributed by atoms with Crippen LogP contribution in [0.3, 0.4) is 0 Å². The van der Waals surface area contributed by atoms with Gasteiger partial charge in [-0.15, -0.1) is 11.3 Å². The highest BCUT2D eigenvalue weighted by Gasteiger charge is 2.27. The van der Waals surface area contributed by atoms with Crippen molar-refractivity contribution in [1.29, 1.82) is 0 Å². The van der Waals surface area contributed by atoms with E-state index in [1.807, 2.05) is 23.9 Å². The maximum absolute atomic E-state index is 12.5. The first kappa shape index (κ1) is 14.3. The number of rotatable bonds is 4. The molecule has 3 aromatic heterocycles. The molecule has 23 heavy (non-hydrogen) atoms. The largest absolute Gasteiger partial charge is 0.469 e. The van der Waals surface area contributed by atoms with Crippen molar-refractivity contribution in [2.24, 2.45) is 7.05 Å². The molecule has 118 valence electrons. The van der Waals surface area contributed by atoms with Gasteiger partial charge in [0.15, 0.2) is 5.69 Å². The molecular weight excluding hydrogens is 310 g/mol. The Morgan fingerprint density at radius 2 is 2.35 bits per heavy atom. The second-order valence-corrected chi connectivity index (χ2v) is 6.64. The summed E-state index contributed by atoms with van der Waals surface area (Å²) < 4.78 is 7.11. The topological polar surface area (TPSA) is 60.1 Å². The fraction of sp³-hybridized carbons (Fsp3) is 0.294. The van der Waals surface area contributed by atoms with Crippen LogP contribution in [0.25, 0.3) is 11.3 Å². The molecule has 5 nitrogen and oxygen atoms in total. The first-order chi connectivity index (χ1) is 11.2. The van der Waals surface area contributed by atoms with Gasteiger partial charge >= 0.3 is 0 Å². The van der Waals surface area contributed by atoms with Crippen molar-refractivity contribution in [3.8, 4) is 11.3 Å². The number of nitrogens with one attached hydrogen (secondary N) is 1. The van der Waals surface area contributed by atoms with E-state index in [2.05, 4.69) is 21.9 Å². The van der Waals surface area contributed by atoms with E-state index < -0.39 is 0 Å². The lowest BCUT2D eigenvalue weighted by Gasteiger charge is -2.13. The molecule has 0 radical (unpaired) electrons. The Balaban J connectivity index is 1.54. The molecule has 0 aliphatic heterocycles. The Hall–Kier alpha value is -2.34. The highest BCUT2D eigenvalue weighted by atomic mass is 32.1. The SMILES string of the molecule is Cn1nc(C(=O)NCCc2ccco2)c2c1-c1ccsc1CC2. The maximum atomic E-state index is 12.5. The molecule has 3 heterocycles. The van der Waals surface area contributed by atoms with Crippen molar-refractivity contribution in [3.05, 3.63) is 51.7 Å². The van der Waals surface area contributed by atoms with Gasteiger partial charge < -0.3 is 9.73 Å². The third-order valence-electron chi connectivity index (χ3n) is 4.20. The second kappa shape index (κ2) is 5.70. The molecule has 0 bridgehead atoms. The predicted molar refractivity (Wildman–Crippen MR) is 88.7 cm³/mol. The summed E-state index contributed by atoms with van der Waals surface area (Å²) in [6.07, 6.45) is 4.18. The molecule has 6 heteroatoms. The smallest absolute Gasteiger partial charge is 0.272 e. The van der Waals surface area contributed by atoms with Crippen LogP contribution in [0.15, 0.2) is 34.3 Å². The van der Waals surface area contributed by atoms with Gasteiger partial charge in [-0.25, -0.2) is 0 Å². The number of carbonyl (C=O) groups excluding carboxylic acids is 1. The summed E-state index contributed by atoms with van der Waals surface area (Å²) in [6, 6.07) is 5.88. The molecule has 0 fully saturated rings. The Bertz CT molecular complexity index is 845. The fourth-order valence-corrected chi connectivity index (χ4v) is 4.03. The van der Waals surface area contributed by atoms with Crippen LogP contribution in [0.2, 0.25) is 0 Å². The van der Waals surface area contributed by atoms with E-state index in [0.717, 1.165) is 29.9 Å². The summed E-state index contributed by atoms with van der Waals surface area (Å²) in [5.74, 6) is 0.767. The lowest BCUT2D eigenvalue weighted by atomic mass is 9.94. The minimum atomic E-state index is -0.105. The van der Waals surface area contributed by atoms with E-state index in [1.54, 1.807) is 17.6 Å². The molecule has 4 rings (SSSR count). The van der Waals surface area contributed by atoms with Crippen LogP contribution in [0, 0.1) is 0 Å². The molecule has 0 saturated carbocycles. The van der Waals surface area contributed by atoms with E-state index in [1.165, 1.54) is 10.4 Å². The average molecular weight is 327 g/mol. The van der Waals surface area contributed by atoms with Gasteiger partial charge in [-0.3, -0.25) is 9.48 Å². The molecule has 0 aromatic carbocycles. The summed E-state index contributed by atoms with van der Waals surface area (Å²) in [7, 11) is 1.91. The lowest BCUT2D eigenvalue weighted by Crippen LogP contribution is -2.27. The predicted octanol–water partition coefficient (Wildman–Crippen LogP) is 2.81. The Kier molecular flexibility index (Phi) is 3.53. The van der Waals surface area contributed by atoms with E-state index >= 15 is 0 Å². The van der Waals surface area contributed by atoms with E-state index in [4.69, 9.17) is 4.42 Å². The van der Waals surface area contributed by atoms with Crippen molar-refractivity contribution in [1.82, 2.24) is 15.1 Å². The quantitative estimate of drug-likeness (QED) is 0.801. The van der Waals surface area contributed by atoms with Crippen molar-refractivity contribution in [2.75, 3.05) is 6.54 Å². The zero-order valence-corrected chi connectivity index (χ0v) is 13.7. The van der Waals surface area contributed by atoms with Crippen LogP contribution in [0.1, 0.15) is 26.7 Å². The van der Waals surface area contributed by atoms with Crippen LogP contribution < -0.4 is 5.32 Å². The zero-order chi connectivity index (χ0) is 15.8. The molecule has 1 aliphatic rings. The molecule has 3 aromatic rings. The Labute approximate surface area is 137 Å². The molecular formula is C17H17N3O2S. The minimum Gasteiger partial charge on any atom is -0.469 e. The third kappa shape index (κ3) is 2.49. The number of fused-ring (bicyclic) bond motifs is 3. The normalized spacial score (nSPS) is 12.7. The zero-order valence-electron chi connectivity index (χ0n) is 12.8. The Morgan fingerprint density at radius 1 is 1.43 bits per heavy atom. The summed E-state index contributed by atoms with van der Waals surface area (Å²) >= 11 is 1.78. The van der Waals surface area contributed by atoms with E-state index in [-0.39, 0.29) is 5.91 Å². The van der Waals surface area contributed by atoms with Crippen LogP contribution in [-0.4, -0.2) is 22.2 Å². The molecule has 1 N–H and O–H groups in total. The fourth-order valence-electron chi connectivity index (χ4n) is 3.15. The summed E-state index contributed by atoms with van der Waals surface area (Å²) in [6.45, 7) is 0.543. The van der Waals surface area contributed by atoms with Gasteiger partial charge in [0.2, 0.25) is 0 Å². The number of nitrogens with zero attached hydrogens (tertiary/aromatic N) is 2. The molecule has 1 aliphatic carbocycles. The molecule has 0 unspecified atom stereocenters. The number of thiophene rings is 1. The minimum absolute atomic E-state index is 0.105. The van der Waals surface area contributed by atoms with E-state index in [0.29, 0.717) is 18.7 Å². The van der Waals surface area contributed by atoms with Gasteiger partial charge in [-0.2, -0.15) is 5.10 Å². The number of amides is 1. The van der Waals surface area contributed by atoms with Crippen molar-refractivity contribution >= 4 is 17.2 Å². The Morgan fingerprint density at radius 3 is 3.17 bits per heavy atom.